The number of piperazine rings is 1. The molecular weight excluding hydrogens is 1510 g/mol. The summed E-state index contributed by atoms with van der Waals surface area (Å²) in [6, 6.07) is 27.6. The number of hydrogen-bond acceptors (Lipinski definition) is 20. The second-order valence-corrected chi connectivity index (χ2v) is 35.0. The first-order valence-corrected chi connectivity index (χ1v) is 41.4. The van der Waals surface area contributed by atoms with Gasteiger partial charge in [0.2, 0.25) is 0 Å². The second kappa shape index (κ2) is 33.3. The molecule has 117 heavy (non-hydrogen) atoms. The number of carbonyl (C=O) groups is 4. The zero-order valence-electron chi connectivity index (χ0n) is 68.9. The summed E-state index contributed by atoms with van der Waals surface area (Å²) in [6.07, 6.45) is 13.3. The van der Waals surface area contributed by atoms with Crippen molar-refractivity contribution >= 4 is 40.9 Å². The molecule has 1 N–H and O–H groups in total. The van der Waals surface area contributed by atoms with E-state index < -0.39 is 52.0 Å². The number of fused-ring (bicyclic) bond motifs is 12. The first-order valence-electron chi connectivity index (χ1n) is 41.4. The van der Waals surface area contributed by atoms with E-state index in [2.05, 4.69) is 109 Å². The van der Waals surface area contributed by atoms with Crippen LogP contribution in [0.3, 0.4) is 0 Å². The lowest BCUT2D eigenvalue weighted by Gasteiger charge is -2.38. The van der Waals surface area contributed by atoms with E-state index in [0.29, 0.717) is 96.1 Å². The molecule has 1 aromatic heterocycles. The van der Waals surface area contributed by atoms with Crippen molar-refractivity contribution < 1.29 is 69.6 Å². The summed E-state index contributed by atoms with van der Waals surface area (Å²) in [6.45, 7) is 16.8. The fourth-order valence-corrected chi connectivity index (χ4v) is 20.2. The Hall–Kier alpha value is -8.93. The Labute approximate surface area is 681 Å². The summed E-state index contributed by atoms with van der Waals surface area (Å²) >= 11 is 0. The summed E-state index contributed by atoms with van der Waals surface area (Å²) in [4.78, 5) is 70.5. The first-order chi connectivity index (χ1) is 56.0. The van der Waals surface area contributed by atoms with Gasteiger partial charge in [-0.15, -0.1) is 0 Å². The van der Waals surface area contributed by atoms with Crippen LogP contribution in [0, 0.1) is 34.9 Å². The fraction of sp³-hybridized carbons (Fsp3) is 0.522. The standard InChI is InChI=1S/C18H24FN3O2.C17H18FN3O2.C15H20F2N2O.C14H20N2.C13H13F2NO2.C13H15NO2/c1-20-5-3-18(4-6-20)16-14(17(23)24-18)11-13(12-15(16)19)22-9-7-21(2)8-10-22;1-20-5-3-17(4-6-20)15-13(16(22)23-17)7-11(8-14(15)18)12-9-19-21(2)10-12;1-18-4-2-15(3-5-18)10-19(6-7-20)13-9-11(16)8-12(17)14(13)15;1-15-9-7-14(8-10-15)11-16(2)13-6-4-3-5-12(13)14;1-16-4-2-13(3-5-16)11-9(12(17)18-13)6-8(14)7-10(11)15;1-14-8-6-13(7-9-14)11-5-3-2-4-10(11)12(15)16-13/h11-12H,3-10H2,1-2H3;7-10H,3-6H2,1-2H3;8-9,20H,2-7,10H2,1H3;3-6H,7-11H2,1-2H3;6-7H,2-5H2,1H3;2-5H,6-9H2,1H3. The Morgan fingerprint density at radius 2 is 0.778 bits per heavy atom. The SMILES string of the molecule is CN1CCC2(CC1)CN(C)c1ccccc12.CN1CCC2(CC1)CN(CCO)c1cc(F)cc(F)c12.CN1CCC2(CC1)OC(=O)c1cc(-c3cnn(C)c3)cc(F)c12.CN1CCC2(CC1)OC(=O)c1cc(F)cc(F)c12.CN1CCC2(CC1)OC(=O)c1ccccc12.CN1CCN(c2cc(F)c3c(c2)C(=O)OC32CCN(C)CC2)CC1. The van der Waals surface area contributed by atoms with E-state index in [0.717, 1.165) is 158 Å². The highest BCUT2D eigenvalue weighted by Crippen LogP contribution is 2.53. The van der Waals surface area contributed by atoms with Crippen molar-refractivity contribution in [3.8, 4) is 11.1 Å². The fourth-order valence-electron chi connectivity index (χ4n) is 20.2. The second-order valence-electron chi connectivity index (χ2n) is 35.0. The lowest BCUT2D eigenvalue weighted by molar-refractivity contribution is -0.0415. The van der Waals surface area contributed by atoms with Gasteiger partial charge in [0, 0.05) is 243 Å². The number of aromatic nitrogens is 2. The Balaban J connectivity index is 0.000000111. The number of piperidine rings is 6. The minimum atomic E-state index is -0.892. The number of rotatable bonds is 4. The van der Waals surface area contributed by atoms with Crippen molar-refractivity contribution in [1.29, 1.82) is 0 Å². The highest BCUT2D eigenvalue weighted by atomic mass is 19.2. The number of ether oxygens (including phenoxy) is 4. The number of hydrogen-bond donors (Lipinski definition) is 1. The Morgan fingerprint density at radius 3 is 1.28 bits per heavy atom. The van der Waals surface area contributed by atoms with Crippen molar-refractivity contribution in [1.82, 2.24) is 44.1 Å². The summed E-state index contributed by atoms with van der Waals surface area (Å²) < 4.78 is 109. The Kier molecular flexibility index (Phi) is 23.7. The molecule has 14 heterocycles. The molecule has 7 aromatic rings. The molecule has 13 aliphatic heterocycles. The van der Waals surface area contributed by atoms with Gasteiger partial charge in [-0.2, -0.15) is 5.10 Å². The van der Waals surface area contributed by atoms with Crippen molar-refractivity contribution in [3.63, 3.8) is 0 Å². The van der Waals surface area contributed by atoms with Crippen LogP contribution in [-0.2, 0) is 59.2 Å². The van der Waals surface area contributed by atoms with Gasteiger partial charge < -0.3 is 73.1 Å². The van der Waals surface area contributed by atoms with Gasteiger partial charge in [-0.25, -0.2) is 45.5 Å². The van der Waals surface area contributed by atoms with Crippen LogP contribution >= 0.6 is 0 Å². The van der Waals surface area contributed by atoms with Gasteiger partial charge in [-0.05, 0) is 161 Å². The smallest absolute Gasteiger partial charge is 0.339 e. The van der Waals surface area contributed by atoms with Crippen LogP contribution in [0.2, 0.25) is 0 Å². The molecule has 20 rings (SSSR count). The number of aliphatic hydroxyl groups is 1. The van der Waals surface area contributed by atoms with Crippen LogP contribution in [0.25, 0.3) is 11.1 Å². The van der Waals surface area contributed by atoms with Gasteiger partial charge in [0.25, 0.3) is 0 Å². The lowest BCUT2D eigenvalue weighted by Crippen LogP contribution is -2.44. The first kappa shape index (κ1) is 83.1. The average molecular weight is 1620 g/mol. The number of aryl methyl sites for hydroxylation is 1. The van der Waals surface area contributed by atoms with E-state index in [1.165, 1.54) is 50.3 Å². The van der Waals surface area contributed by atoms with Crippen molar-refractivity contribution in [3.05, 3.63) is 200 Å². The molecule has 0 amide bonds. The quantitative estimate of drug-likeness (QED) is 0.0999. The molecule has 0 aliphatic carbocycles. The number of nitrogens with zero attached hydrogens (tertiary/aromatic N) is 12. The number of halogens is 6. The number of likely N-dealkylation sites (tertiary alicyclic amines) is 6. The predicted molar refractivity (Wildman–Crippen MR) is 435 cm³/mol. The molecule has 0 saturated carbocycles. The van der Waals surface area contributed by atoms with E-state index in [1.807, 2.05) is 56.4 Å². The number of aliphatic hydroxyl groups excluding tert-OH is 1. The minimum absolute atomic E-state index is 0.00639. The molecule has 7 fully saturated rings. The average Bonchev–Trinajstić information content (AvgIpc) is 1.59. The lowest BCUT2D eigenvalue weighted by atomic mass is 9.74. The monoisotopic (exact) mass is 1620 g/mol. The highest BCUT2D eigenvalue weighted by molar-refractivity contribution is 5.98. The van der Waals surface area contributed by atoms with E-state index in [9.17, 15) is 50.6 Å². The third-order valence-electron chi connectivity index (χ3n) is 27.2. The largest absolute Gasteiger partial charge is 0.450 e. The predicted octanol–water partition coefficient (Wildman–Crippen LogP) is 11.7. The molecule has 626 valence electrons. The van der Waals surface area contributed by atoms with Crippen molar-refractivity contribution in [2.75, 3.05) is 202 Å². The van der Waals surface area contributed by atoms with Crippen LogP contribution in [0.15, 0.2) is 109 Å². The highest BCUT2D eigenvalue weighted by Gasteiger charge is 2.54. The van der Waals surface area contributed by atoms with E-state index in [1.54, 1.807) is 41.8 Å². The van der Waals surface area contributed by atoms with Crippen LogP contribution in [0.4, 0.5) is 43.4 Å². The van der Waals surface area contributed by atoms with E-state index in [4.69, 9.17) is 18.9 Å². The molecule has 7 saturated heterocycles. The van der Waals surface area contributed by atoms with Crippen LogP contribution in [0.1, 0.15) is 152 Å². The Morgan fingerprint density at radius 1 is 0.376 bits per heavy atom. The summed E-state index contributed by atoms with van der Waals surface area (Å²) in [7, 11) is 18.5. The third kappa shape index (κ3) is 16.3. The van der Waals surface area contributed by atoms with Crippen LogP contribution in [-0.4, -0.2) is 260 Å². The van der Waals surface area contributed by atoms with Gasteiger partial charge in [0.15, 0.2) is 0 Å². The number of esters is 4. The van der Waals surface area contributed by atoms with Gasteiger partial charge in [-0.1, -0.05) is 36.4 Å². The molecule has 0 radical (unpaired) electrons. The number of anilines is 3. The maximum absolute atomic E-state index is 15.0. The molecule has 13 aliphatic rings. The van der Waals surface area contributed by atoms with Gasteiger partial charge in [0.1, 0.15) is 57.3 Å². The molecule has 6 aromatic carbocycles. The third-order valence-corrected chi connectivity index (χ3v) is 27.2. The Bertz CT molecular complexity index is 4850. The van der Waals surface area contributed by atoms with Crippen LogP contribution < -0.4 is 14.7 Å². The normalized spacial score (nSPS) is 22.4. The number of β-amino-alcohol motifs (C(OH)–C–C–N with tert-alkyl or cyclic N) is 1. The maximum atomic E-state index is 15.0. The van der Waals surface area contributed by atoms with Crippen molar-refractivity contribution in [2.45, 2.75) is 110 Å². The maximum Gasteiger partial charge on any atom is 0.339 e. The van der Waals surface area contributed by atoms with Crippen LogP contribution in [0.5, 0.6) is 0 Å². The molecule has 0 unspecified atom stereocenters. The van der Waals surface area contributed by atoms with Gasteiger partial charge in [0.05, 0.1) is 35.1 Å². The van der Waals surface area contributed by atoms with Gasteiger partial charge >= 0.3 is 23.9 Å². The summed E-state index contributed by atoms with van der Waals surface area (Å²) in [5.74, 6) is -4.63. The van der Waals surface area contributed by atoms with Gasteiger partial charge in [-0.3, -0.25) is 4.68 Å². The van der Waals surface area contributed by atoms with E-state index in [-0.39, 0.29) is 52.3 Å². The zero-order chi connectivity index (χ0) is 82.7. The topological polar surface area (TPSA) is 176 Å². The summed E-state index contributed by atoms with van der Waals surface area (Å²) in [5.41, 5.74) is 7.80. The zero-order valence-corrected chi connectivity index (χ0v) is 68.9. The number of para-hydroxylation sites is 1. The molecule has 0 bridgehead atoms. The van der Waals surface area contributed by atoms with E-state index >= 15 is 0 Å². The van der Waals surface area contributed by atoms with Crippen molar-refractivity contribution in [2.24, 2.45) is 7.05 Å². The number of carbonyl (C=O) groups excluding carboxylic acids is 4. The molecule has 0 atom stereocenters. The number of benzene rings is 6. The molecule has 27 heteroatoms. The molecule has 6 spiro atoms. The summed E-state index contributed by atoms with van der Waals surface area (Å²) in [5, 5.41) is 13.3. The molecular formula is C90H110F6N12O9. The number of likely N-dealkylation sites (N-methyl/N-ethyl adjacent to an activating group) is 2. The minimum Gasteiger partial charge on any atom is -0.450 e. The molecule has 21 nitrogen and oxygen atoms in total.